The first kappa shape index (κ1) is 12.0. The third-order valence-electron chi connectivity index (χ3n) is 3.70. The van der Waals surface area contributed by atoms with Gasteiger partial charge in [0.1, 0.15) is 0 Å². The molecule has 0 heterocycles. The Morgan fingerprint density at radius 2 is 2.07 bits per heavy atom. The van der Waals surface area contributed by atoms with Gasteiger partial charge in [-0.2, -0.15) is 0 Å². The average Bonchev–Trinajstić information content (AvgIpc) is 2.62. The smallest absolute Gasteiger partial charge is 0.0622 e. The molecule has 2 heteroatoms. The molecular formula is C12H25NO. The van der Waals surface area contributed by atoms with E-state index in [1.807, 2.05) is 7.11 Å². The molecule has 0 spiro atoms. The molecule has 0 aromatic rings. The zero-order valence-electron chi connectivity index (χ0n) is 10.1. The molecule has 1 N–H and O–H groups in total. The van der Waals surface area contributed by atoms with Gasteiger partial charge in [0.15, 0.2) is 0 Å². The maximum Gasteiger partial charge on any atom is 0.0622 e. The third-order valence-corrected chi connectivity index (χ3v) is 3.70. The highest BCUT2D eigenvalue weighted by atomic mass is 16.5. The highest BCUT2D eigenvalue weighted by Gasteiger charge is 2.27. The van der Waals surface area contributed by atoms with Crippen LogP contribution in [0, 0.1) is 5.92 Å². The van der Waals surface area contributed by atoms with Gasteiger partial charge in [-0.15, -0.1) is 0 Å². The van der Waals surface area contributed by atoms with Gasteiger partial charge >= 0.3 is 0 Å². The Hall–Kier alpha value is -0.0800. The molecule has 2 unspecified atom stereocenters. The maximum absolute atomic E-state index is 5.45. The summed E-state index contributed by atoms with van der Waals surface area (Å²) in [5.41, 5.74) is 0.0564. The number of rotatable bonds is 5. The van der Waals surface area contributed by atoms with E-state index in [1.165, 1.54) is 32.1 Å². The van der Waals surface area contributed by atoms with Crippen LogP contribution in [0.3, 0.4) is 0 Å². The second kappa shape index (κ2) is 5.13. The first-order valence-electron chi connectivity index (χ1n) is 5.81. The van der Waals surface area contributed by atoms with Crippen molar-refractivity contribution in [3.05, 3.63) is 0 Å². The summed E-state index contributed by atoms with van der Waals surface area (Å²) in [5, 5.41) is 3.43. The fourth-order valence-electron chi connectivity index (χ4n) is 2.40. The SMILES string of the molecule is CNC1CCCC1CCC(C)(C)OC. The largest absolute Gasteiger partial charge is 0.379 e. The summed E-state index contributed by atoms with van der Waals surface area (Å²) in [5.74, 6) is 0.870. The van der Waals surface area contributed by atoms with Crippen LogP contribution in [0.5, 0.6) is 0 Å². The molecule has 0 amide bonds. The van der Waals surface area contributed by atoms with Crippen molar-refractivity contribution in [1.29, 1.82) is 0 Å². The number of methoxy groups -OCH3 is 1. The van der Waals surface area contributed by atoms with Gasteiger partial charge in [-0.3, -0.25) is 0 Å². The van der Waals surface area contributed by atoms with E-state index in [2.05, 4.69) is 26.2 Å². The van der Waals surface area contributed by atoms with Gasteiger partial charge in [0.05, 0.1) is 5.60 Å². The number of hydrogen-bond acceptors (Lipinski definition) is 2. The summed E-state index contributed by atoms with van der Waals surface area (Å²) in [4.78, 5) is 0. The van der Waals surface area contributed by atoms with Crippen LogP contribution >= 0.6 is 0 Å². The molecule has 84 valence electrons. The standard InChI is InChI=1S/C12H25NO/c1-12(2,14-4)9-8-10-6-5-7-11(10)13-3/h10-11,13H,5-9H2,1-4H3. The normalized spacial score (nSPS) is 28.3. The van der Waals surface area contributed by atoms with Crippen LogP contribution in [0.4, 0.5) is 0 Å². The highest BCUT2D eigenvalue weighted by molar-refractivity contribution is 4.83. The molecule has 0 bridgehead atoms. The molecular weight excluding hydrogens is 174 g/mol. The van der Waals surface area contributed by atoms with E-state index in [-0.39, 0.29) is 5.60 Å². The fourth-order valence-corrected chi connectivity index (χ4v) is 2.40. The molecule has 14 heavy (non-hydrogen) atoms. The van der Waals surface area contributed by atoms with Crippen LogP contribution < -0.4 is 5.32 Å². The minimum absolute atomic E-state index is 0.0564. The quantitative estimate of drug-likeness (QED) is 0.735. The molecule has 2 nitrogen and oxygen atoms in total. The molecule has 0 saturated heterocycles. The highest BCUT2D eigenvalue weighted by Crippen LogP contribution is 2.31. The summed E-state index contributed by atoms with van der Waals surface area (Å²) >= 11 is 0. The third kappa shape index (κ3) is 3.25. The Bertz CT molecular complexity index is 168. The fraction of sp³-hybridized carbons (Fsp3) is 1.00. The van der Waals surface area contributed by atoms with Gasteiger partial charge < -0.3 is 10.1 Å². The van der Waals surface area contributed by atoms with Crippen molar-refractivity contribution >= 4 is 0 Å². The molecule has 1 rings (SSSR count). The van der Waals surface area contributed by atoms with Gasteiger partial charge in [0.2, 0.25) is 0 Å². The Morgan fingerprint density at radius 3 is 2.64 bits per heavy atom. The van der Waals surface area contributed by atoms with E-state index in [0.717, 1.165) is 12.0 Å². The second-order valence-electron chi connectivity index (χ2n) is 5.09. The van der Waals surface area contributed by atoms with E-state index in [0.29, 0.717) is 0 Å². The van der Waals surface area contributed by atoms with Crippen molar-refractivity contribution in [3.8, 4) is 0 Å². The molecule has 1 fully saturated rings. The summed E-state index contributed by atoms with van der Waals surface area (Å²) in [6, 6.07) is 0.752. The van der Waals surface area contributed by atoms with E-state index in [9.17, 15) is 0 Å². The van der Waals surface area contributed by atoms with E-state index in [1.54, 1.807) is 0 Å². The van der Waals surface area contributed by atoms with Gasteiger partial charge in [0.25, 0.3) is 0 Å². The topological polar surface area (TPSA) is 21.3 Å². The predicted molar refractivity (Wildman–Crippen MR) is 60.5 cm³/mol. The lowest BCUT2D eigenvalue weighted by Crippen LogP contribution is -2.31. The van der Waals surface area contributed by atoms with Crippen molar-refractivity contribution in [1.82, 2.24) is 5.32 Å². The van der Waals surface area contributed by atoms with Crippen molar-refractivity contribution < 1.29 is 4.74 Å². The van der Waals surface area contributed by atoms with Crippen LogP contribution in [0.25, 0.3) is 0 Å². The van der Waals surface area contributed by atoms with Gasteiger partial charge in [0, 0.05) is 13.2 Å². The number of nitrogens with one attached hydrogen (secondary N) is 1. The summed E-state index contributed by atoms with van der Waals surface area (Å²) in [6.45, 7) is 4.35. The lowest BCUT2D eigenvalue weighted by Gasteiger charge is -2.26. The Morgan fingerprint density at radius 1 is 1.36 bits per heavy atom. The van der Waals surface area contributed by atoms with Crippen LogP contribution in [0.2, 0.25) is 0 Å². The molecule has 0 aromatic heterocycles. The zero-order chi connectivity index (χ0) is 10.6. The average molecular weight is 199 g/mol. The Balaban J connectivity index is 2.30. The van der Waals surface area contributed by atoms with Crippen molar-refractivity contribution in [2.75, 3.05) is 14.2 Å². The monoisotopic (exact) mass is 199 g/mol. The predicted octanol–water partition coefficient (Wildman–Crippen LogP) is 2.58. The Kier molecular flexibility index (Phi) is 4.39. The molecule has 1 aliphatic rings. The van der Waals surface area contributed by atoms with Crippen LogP contribution in [0.15, 0.2) is 0 Å². The van der Waals surface area contributed by atoms with Gasteiger partial charge in [-0.25, -0.2) is 0 Å². The summed E-state index contributed by atoms with van der Waals surface area (Å²) < 4.78 is 5.45. The van der Waals surface area contributed by atoms with Crippen LogP contribution in [-0.2, 0) is 4.74 Å². The minimum Gasteiger partial charge on any atom is -0.379 e. The molecule has 0 aromatic carbocycles. The first-order chi connectivity index (χ1) is 6.59. The van der Waals surface area contributed by atoms with Gasteiger partial charge in [-0.1, -0.05) is 6.42 Å². The molecule has 1 aliphatic carbocycles. The first-order valence-corrected chi connectivity index (χ1v) is 5.81. The van der Waals surface area contributed by atoms with E-state index < -0.39 is 0 Å². The Labute approximate surface area is 88.4 Å². The zero-order valence-corrected chi connectivity index (χ0v) is 10.1. The lowest BCUT2D eigenvalue weighted by atomic mass is 9.91. The van der Waals surface area contributed by atoms with Gasteiger partial charge in [-0.05, 0) is 52.5 Å². The van der Waals surface area contributed by atoms with Crippen molar-refractivity contribution in [3.63, 3.8) is 0 Å². The maximum atomic E-state index is 5.45. The van der Waals surface area contributed by atoms with E-state index in [4.69, 9.17) is 4.74 Å². The molecule has 2 atom stereocenters. The van der Waals surface area contributed by atoms with E-state index >= 15 is 0 Å². The second-order valence-corrected chi connectivity index (χ2v) is 5.09. The van der Waals surface area contributed by atoms with Crippen LogP contribution in [0.1, 0.15) is 46.0 Å². The molecule has 0 radical (unpaired) electrons. The number of hydrogen-bond donors (Lipinski definition) is 1. The minimum atomic E-state index is 0.0564. The van der Waals surface area contributed by atoms with Crippen LogP contribution in [-0.4, -0.2) is 25.8 Å². The molecule has 1 saturated carbocycles. The van der Waals surface area contributed by atoms with Crippen molar-refractivity contribution in [2.24, 2.45) is 5.92 Å². The van der Waals surface area contributed by atoms with Crippen molar-refractivity contribution in [2.45, 2.75) is 57.6 Å². The summed E-state index contributed by atoms with van der Waals surface area (Å²) in [7, 11) is 3.90. The summed E-state index contributed by atoms with van der Waals surface area (Å²) in [6.07, 6.45) is 6.61. The molecule has 0 aliphatic heterocycles. The lowest BCUT2D eigenvalue weighted by molar-refractivity contribution is 0.00980. The number of ether oxygens (including phenoxy) is 1.